The van der Waals surface area contributed by atoms with E-state index < -0.39 is 0 Å². The standard InChI is InChI=1S/C11H18N4O3/c1-18-8-6-15(5-7-16)11(17)9-3-2-4-10(13-9)14-12/h2-4,16H,5-8,12H2,1H3,(H,13,14). The molecule has 7 nitrogen and oxygen atoms in total. The van der Waals surface area contributed by atoms with E-state index in [1.165, 1.54) is 4.90 Å². The number of nitrogens with two attached hydrogens (primary N) is 1. The molecule has 18 heavy (non-hydrogen) atoms. The third-order valence-corrected chi connectivity index (χ3v) is 2.34. The molecule has 1 amide bonds. The van der Waals surface area contributed by atoms with Gasteiger partial charge in [-0.3, -0.25) is 4.79 Å². The highest BCUT2D eigenvalue weighted by molar-refractivity contribution is 5.92. The van der Waals surface area contributed by atoms with Gasteiger partial charge in [0.2, 0.25) is 0 Å². The smallest absolute Gasteiger partial charge is 0.272 e. The topological polar surface area (TPSA) is 101 Å². The highest BCUT2D eigenvalue weighted by Gasteiger charge is 2.16. The van der Waals surface area contributed by atoms with Crippen LogP contribution in [0.15, 0.2) is 18.2 Å². The molecule has 0 aliphatic carbocycles. The summed E-state index contributed by atoms with van der Waals surface area (Å²) in [6.45, 7) is 0.937. The molecule has 0 aromatic carbocycles. The third kappa shape index (κ3) is 3.95. The second kappa shape index (κ2) is 7.59. The summed E-state index contributed by atoms with van der Waals surface area (Å²) >= 11 is 0. The number of amides is 1. The molecular formula is C11H18N4O3. The number of nitrogen functional groups attached to an aromatic ring is 1. The molecule has 0 radical (unpaired) electrons. The third-order valence-electron chi connectivity index (χ3n) is 2.34. The molecule has 1 aromatic rings. The summed E-state index contributed by atoms with van der Waals surface area (Å²) in [6, 6.07) is 4.94. The predicted molar refractivity (Wildman–Crippen MR) is 66.9 cm³/mol. The van der Waals surface area contributed by atoms with Crippen LogP contribution in [0.2, 0.25) is 0 Å². The van der Waals surface area contributed by atoms with E-state index in [2.05, 4.69) is 10.4 Å². The van der Waals surface area contributed by atoms with Crippen molar-refractivity contribution in [3.05, 3.63) is 23.9 Å². The number of hydrogen-bond donors (Lipinski definition) is 3. The van der Waals surface area contributed by atoms with Crippen molar-refractivity contribution in [1.29, 1.82) is 0 Å². The fourth-order valence-corrected chi connectivity index (χ4v) is 1.43. The molecule has 4 N–H and O–H groups in total. The van der Waals surface area contributed by atoms with Crippen molar-refractivity contribution in [2.75, 3.05) is 38.8 Å². The summed E-state index contributed by atoms with van der Waals surface area (Å²) in [6.07, 6.45) is 0. The van der Waals surface area contributed by atoms with E-state index in [0.717, 1.165) is 0 Å². The molecule has 100 valence electrons. The SMILES string of the molecule is COCCN(CCO)C(=O)c1cccc(NN)n1. The molecule has 0 spiro atoms. The number of aliphatic hydroxyl groups excluding tert-OH is 1. The number of methoxy groups -OCH3 is 1. The Balaban J connectivity index is 2.79. The van der Waals surface area contributed by atoms with Gasteiger partial charge in [0.25, 0.3) is 5.91 Å². The second-order valence-corrected chi connectivity index (χ2v) is 3.56. The number of carbonyl (C=O) groups is 1. The normalized spacial score (nSPS) is 10.2. The minimum atomic E-state index is -0.266. The zero-order valence-corrected chi connectivity index (χ0v) is 10.3. The Bertz CT molecular complexity index is 386. The van der Waals surface area contributed by atoms with Crippen molar-refractivity contribution in [1.82, 2.24) is 9.88 Å². The number of carbonyl (C=O) groups excluding carboxylic acids is 1. The minimum Gasteiger partial charge on any atom is -0.395 e. The van der Waals surface area contributed by atoms with Crippen LogP contribution in [-0.2, 0) is 4.74 Å². The van der Waals surface area contributed by atoms with E-state index in [1.807, 2.05) is 0 Å². The summed E-state index contributed by atoms with van der Waals surface area (Å²) < 4.78 is 4.92. The largest absolute Gasteiger partial charge is 0.395 e. The summed E-state index contributed by atoms with van der Waals surface area (Å²) in [5.41, 5.74) is 2.65. The molecule has 0 fully saturated rings. The number of pyridine rings is 1. The number of nitrogens with one attached hydrogen (secondary N) is 1. The van der Waals surface area contributed by atoms with Gasteiger partial charge >= 0.3 is 0 Å². The molecule has 0 unspecified atom stereocenters. The average molecular weight is 254 g/mol. The fourth-order valence-electron chi connectivity index (χ4n) is 1.43. The van der Waals surface area contributed by atoms with E-state index in [0.29, 0.717) is 19.0 Å². The number of hydrazine groups is 1. The molecule has 0 aliphatic rings. The van der Waals surface area contributed by atoms with Crippen LogP contribution in [0.25, 0.3) is 0 Å². The lowest BCUT2D eigenvalue weighted by Gasteiger charge is -2.21. The maximum Gasteiger partial charge on any atom is 0.272 e. The highest BCUT2D eigenvalue weighted by atomic mass is 16.5. The van der Waals surface area contributed by atoms with Crippen molar-refractivity contribution in [2.45, 2.75) is 0 Å². The molecule has 0 aliphatic heterocycles. The van der Waals surface area contributed by atoms with E-state index in [9.17, 15) is 4.79 Å². The van der Waals surface area contributed by atoms with Crippen LogP contribution < -0.4 is 11.3 Å². The quantitative estimate of drug-likeness (QED) is 0.446. The van der Waals surface area contributed by atoms with Gasteiger partial charge in [-0.15, -0.1) is 0 Å². The molecule has 1 aromatic heterocycles. The van der Waals surface area contributed by atoms with Crippen LogP contribution in [-0.4, -0.2) is 54.3 Å². The Labute approximate surface area is 106 Å². The van der Waals surface area contributed by atoms with Crippen molar-refractivity contribution in [3.8, 4) is 0 Å². The van der Waals surface area contributed by atoms with Crippen molar-refractivity contribution >= 4 is 11.7 Å². The summed E-state index contributed by atoms with van der Waals surface area (Å²) in [5.74, 6) is 5.38. The van der Waals surface area contributed by atoms with Crippen LogP contribution in [0, 0.1) is 0 Å². The first-order valence-electron chi connectivity index (χ1n) is 5.55. The van der Waals surface area contributed by atoms with Gasteiger partial charge in [0.1, 0.15) is 11.5 Å². The lowest BCUT2D eigenvalue weighted by molar-refractivity contribution is 0.0651. The van der Waals surface area contributed by atoms with E-state index in [1.54, 1.807) is 25.3 Å². The molecule has 1 rings (SSSR count). The number of ether oxygens (including phenoxy) is 1. The Morgan fingerprint density at radius 1 is 1.56 bits per heavy atom. The van der Waals surface area contributed by atoms with Crippen molar-refractivity contribution in [3.63, 3.8) is 0 Å². The molecule has 0 atom stereocenters. The molecule has 0 bridgehead atoms. The number of aliphatic hydroxyl groups is 1. The zero-order chi connectivity index (χ0) is 13.4. The first kappa shape index (κ1) is 14.4. The van der Waals surface area contributed by atoms with Gasteiger partial charge in [-0.1, -0.05) is 6.07 Å². The zero-order valence-electron chi connectivity index (χ0n) is 10.3. The monoisotopic (exact) mass is 254 g/mol. The molecule has 0 saturated carbocycles. The number of hydrogen-bond acceptors (Lipinski definition) is 6. The van der Waals surface area contributed by atoms with Crippen molar-refractivity contribution in [2.24, 2.45) is 5.84 Å². The summed E-state index contributed by atoms with van der Waals surface area (Å²) in [7, 11) is 1.55. The predicted octanol–water partition coefficient (Wildman–Crippen LogP) is -0.552. The summed E-state index contributed by atoms with van der Waals surface area (Å²) in [4.78, 5) is 17.7. The van der Waals surface area contributed by atoms with Crippen LogP contribution in [0.1, 0.15) is 10.5 Å². The van der Waals surface area contributed by atoms with Crippen LogP contribution in [0.5, 0.6) is 0 Å². The van der Waals surface area contributed by atoms with Gasteiger partial charge in [0.05, 0.1) is 13.2 Å². The molecular weight excluding hydrogens is 236 g/mol. The van der Waals surface area contributed by atoms with Crippen LogP contribution in [0.3, 0.4) is 0 Å². The van der Waals surface area contributed by atoms with Gasteiger partial charge in [-0.2, -0.15) is 0 Å². The van der Waals surface area contributed by atoms with E-state index >= 15 is 0 Å². The van der Waals surface area contributed by atoms with E-state index in [4.69, 9.17) is 15.7 Å². The van der Waals surface area contributed by atoms with E-state index in [-0.39, 0.29) is 24.8 Å². The molecule has 1 heterocycles. The van der Waals surface area contributed by atoms with Gasteiger partial charge in [-0.25, -0.2) is 10.8 Å². The van der Waals surface area contributed by atoms with Crippen LogP contribution >= 0.6 is 0 Å². The highest BCUT2D eigenvalue weighted by Crippen LogP contribution is 2.06. The maximum absolute atomic E-state index is 12.1. The van der Waals surface area contributed by atoms with Crippen molar-refractivity contribution < 1.29 is 14.6 Å². The molecule has 0 saturated heterocycles. The Kier molecular flexibility index (Phi) is 6.06. The van der Waals surface area contributed by atoms with Gasteiger partial charge < -0.3 is 20.2 Å². The Morgan fingerprint density at radius 2 is 2.33 bits per heavy atom. The van der Waals surface area contributed by atoms with Gasteiger partial charge in [-0.05, 0) is 12.1 Å². The van der Waals surface area contributed by atoms with Gasteiger partial charge in [0, 0.05) is 20.2 Å². The lowest BCUT2D eigenvalue weighted by atomic mass is 10.3. The number of anilines is 1. The number of nitrogens with zero attached hydrogens (tertiary/aromatic N) is 2. The maximum atomic E-state index is 12.1. The Morgan fingerprint density at radius 3 is 2.94 bits per heavy atom. The van der Waals surface area contributed by atoms with Crippen LogP contribution in [0.4, 0.5) is 5.82 Å². The number of rotatable bonds is 7. The second-order valence-electron chi connectivity index (χ2n) is 3.56. The molecule has 7 heteroatoms. The Hall–Kier alpha value is -1.70. The first-order chi connectivity index (χ1) is 8.72. The van der Waals surface area contributed by atoms with Gasteiger partial charge in [0.15, 0.2) is 0 Å². The number of aromatic nitrogens is 1. The summed E-state index contributed by atoms with van der Waals surface area (Å²) in [5, 5.41) is 8.95. The fraction of sp³-hybridized carbons (Fsp3) is 0.455. The first-order valence-corrected chi connectivity index (χ1v) is 5.55. The average Bonchev–Trinajstić information content (AvgIpc) is 2.42. The lowest BCUT2D eigenvalue weighted by Crippen LogP contribution is -2.36. The minimum absolute atomic E-state index is 0.107.